The second-order valence-corrected chi connectivity index (χ2v) is 6.27. The van der Waals surface area contributed by atoms with E-state index in [1.54, 1.807) is 6.92 Å². The Morgan fingerprint density at radius 2 is 1.91 bits per heavy atom. The van der Waals surface area contributed by atoms with Crippen LogP contribution in [0.1, 0.15) is 30.5 Å². The minimum absolute atomic E-state index is 0.111. The third-order valence-corrected chi connectivity index (χ3v) is 4.49. The zero-order chi connectivity index (χ0) is 16.6. The summed E-state index contributed by atoms with van der Waals surface area (Å²) >= 11 is 12.4. The Labute approximate surface area is 142 Å². The monoisotopic (exact) mass is 356 g/mol. The Balaban J connectivity index is 1.76. The van der Waals surface area contributed by atoms with Crippen molar-refractivity contribution < 1.29 is 9.45 Å². The van der Waals surface area contributed by atoms with Crippen molar-refractivity contribution in [1.29, 1.82) is 0 Å². The van der Waals surface area contributed by atoms with E-state index < -0.39 is 4.92 Å². The molecule has 0 aliphatic carbocycles. The van der Waals surface area contributed by atoms with E-state index in [4.69, 9.17) is 27.7 Å². The first-order valence-electron chi connectivity index (χ1n) is 7.14. The minimum atomic E-state index is -0.508. The molecule has 9 heteroatoms. The number of nitro benzene ring substituents is 1. The summed E-state index contributed by atoms with van der Waals surface area (Å²) in [5.74, 6) is 1.50. The third-order valence-electron chi connectivity index (χ3n) is 3.92. The maximum Gasteiger partial charge on any atom is 0.272 e. The van der Waals surface area contributed by atoms with Crippen molar-refractivity contribution in [2.24, 2.45) is 0 Å². The average molecular weight is 357 g/mol. The topological polar surface area (TPSA) is 85.3 Å². The van der Waals surface area contributed by atoms with Gasteiger partial charge in [-0.2, -0.15) is 4.98 Å². The van der Waals surface area contributed by atoms with Gasteiger partial charge in [-0.15, -0.1) is 0 Å². The van der Waals surface area contributed by atoms with E-state index in [2.05, 4.69) is 10.1 Å². The van der Waals surface area contributed by atoms with Crippen LogP contribution in [0.15, 0.2) is 16.7 Å². The first kappa shape index (κ1) is 16.0. The van der Waals surface area contributed by atoms with E-state index in [-0.39, 0.29) is 21.7 Å². The summed E-state index contributed by atoms with van der Waals surface area (Å²) in [4.78, 5) is 16.6. The number of rotatable bonds is 3. The largest absolute Gasteiger partial charge is 0.369 e. The second kappa shape index (κ2) is 6.33. The highest BCUT2D eigenvalue weighted by atomic mass is 35.5. The molecule has 2 heterocycles. The van der Waals surface area contributed by atoms with Crippen LogP contribution in [0.25, 0.3) is 0 Å². The third kappa shape index (κ3) is 3.25. The van der Waals surface area contributed by atoms with Crippen molar-refractivity contribution in [2.75, 3.05) is 18.0 Å². The molecule has 1 aromatic carbocycles. The lowest BCUT2D eigenvalue weighted by atomic mass is 9.96. The maximum absolute atomic E-state index is 10.8. The highest BCUT2D eigenvalue weighted by molar-refractivity contribution is 6.39. The predicted molar refractivity (Wildman–Crippen MR) is 86.3 cm³/mol. The van der Waals surface area contributed by atoms with E-state index in [9.17, 15) is 10.1 Å². The van der Waals surface area contributed by atoms with Crippen molar-refractivity contribution in [1.82, 2.24) is 10.1 Å². The summed E-state index contributed by atoms with van der Waals surface area (Å²) in [5, 5.41) is 15.2. The highest BCUT2D eigenvalue weighted by Crippen LogP contribution is 2.40. The van der Waals surface area contributed by atoms with E-state index in [1.807, 2.05) is 4.90 Å². The molecule has 0 bridgehead atoms. The fraction of sp³-hybridized carbons (Fsp3) is 0.429. The lowest BCUT2D eigenvalue weighted by Gasteiger charge is -2.33. The van der Waals surface area contributed by atoms with Crippen LogP contribution in [-0.2, 0) is 0 Å². The van der Waals surface area contributed by atoms with Crippen LogP contribution in [0.2, 0.25) is 10.0 Å². The summed E-state index contributed by atoms with van der Waals surface area (Å²) < 4.78 is 5.23. The Morgan fingerprint density at radius 1 is 1.30 bits per heavy atom. The van der Waals surface area contributed by atoms with Gasteiger partial charge in [0.1, 0.15) is 0 Å². The fourth-order valence-electron chi connectivity index (χ4n) is 2.79. The molecule has 1 aliphatic heterocycles. The standard InChI is InChI=1S/C14H14Cl2N4O3/c1-8-17-14(23-18-8)9-2-4-19(5-3-9)13-11(15)6-10(20(21)22)7-12(13)16/h6-7,9H,2-5H2,1H3. The van der Waals surface area contributed by atoms with E-state index in [0.717, 1.165) is 12.8 Å². The van der Waals surface area contributed by atoms with Crippen LogP contribution in [0.3, 0.4) is 0 Å². The number of piperidine rings is 1. The van der Waals surface area contributed by atoms with Gasteiger partial charge in [-0.1, -0.05) is 28.4 Å². The first-order valence-corrected chi connectivity index (χ1v) is 7.90. The Morgan fingerprint density at radius 3 is 2.39 bits per heavy atom. The lowest BCUT2D eigenvalue weighted by Crippen LogP contribution is -2.33. The van der Waals surface area contributed by atoms with E-state index >= 15 is 0 Å². The molecule has 0 unspecified atom stereocenters. The van der Waals surface area contributed by atoms with Gasteiger partial charge >= 0.3 is 0 Å². The van der Waals surface area contributed by atoms with Crippen molar-refractivity contribution in [3.63, 3.8) is 0 Å². The second-order valence-electron chi connectivity index (χ2n) is 5.46. The molecule has 0 amide bonds. The van der Waals surface area contributed by atoms with E-state index in [0.29, 0.717) is 30.5 Å². The van der Waals surface area contributed by atoms with E-state index in [1.165, 1.54) is 12.1 Å². The molecule has 1 saturated heterocycles. The first-order chi connectivity index (χ1) is 11.0. The molecular formula is C14H14Cl2N4O3. The van der Waals surface area contributed by atoms with Gasteiger partial charge < -0.3 is 9.42 Å². The normalized spacial score (nSPS) is 15.9. The lowest BCUT2D eigenvalue weighted by molar-refractivity contribution is -0.384. The summed E-state index contributed by atoms with van der Waals surface area (Å²) in [5.41, 5.74) is 0.527. The van der Waals surface area contributed by atoms with Crippen molar-refractivity contribution in [3.05, 3.63) is 44.0 Å². The number of aromatic nitrogens is 2. The van der Waals surface area contributed by atoms with Gasteiger partial charge in [-0.3, -0.25) is 10.1 Å². The van der Waals surface area contributed by atoms with Gasteiger partial charge in [0.05, 0.1) is 20.7 Å². The number of benzene rings is 1. The molecule has 7 nitrogen and oxygen atoms in total. The smallest absolute Gasteiger partial charge is 0.272 e. The zero-order valence-corrected chi connectivity index (χ0v) is 13.8. The molecule has 23 heavy (non-hydrogen) atoms. The van der Waals surface area contributed by atoms with Crippen molar-refractivity contribution in [2.45, 2.75) is 25.7 Å². The van der Waals surface area contributed by atoms with Crippen LogP contribution in [0.4, 0.5) is 11.4 Å². The number of nitrogens with zero attached hydrogens (tertiary/aromatic N) is 4. The Bertz CT molecular complexity index is 718. The highest BCUT2D eigenvalue weighted by Gasteiger charge is 2.27. The van der Waals surface area contributed by atoms with Crippen LogP contribution in [0, 0.1) is 17.0 Å². The molecule has 0 N–H and O–H groups in total. The summed E-state index contributed by atoms with van der Waals surface area (Å²) in [6.45, 7) is 3.21. The molecule has 1 aromatic heterocycles. The fourth-order valence-corrected chi connectivity index (χ4v) is 3.50. The molecule has 1 aliphatic rings. The van der Waals surface area contributed by atoms with Gasteiger partial charge in [-0.25, -0.2) is 0 Å². The van der Waals surface area contributed by atoms with Crippen molar-refractivity contribution in [3.8, 4) is 0 Å². The number of aryl methyl sites for hydroxylation is 1. The predicted octanol–water partition coefficient (Wildman–Crippen LogP) is 3.98. The van der Waals surface area contributed by atoms with Gasteiger partial charge in [-0.05, 0) is 19.8 Å². The zero-order valence-electron chi connectivity index (χ0n) is 12.3. The average Bonchev–Trinajstić information content (AvgIpc) is 2.93. The number of nitro groups is 1. The Hall–Kier alpha value is -1.86. The number of non-ortho nitro benzene ring substituents is 1. The van der Waals surface area contributed by atoms with Crippen LogP contribution in [-0.4, -0.2) is 28.2 Å². The van der Waals surface area contributed by atoms with Crippen LogP contribution in [0.5, 0.6) is 0 Å². The molecule has 3 rings (SSSR count). The molecule has 0 spiro atoms. The summed E-state index contributed by atoms with van der Waals surface area (Å²) in [7, 11) is 0. The number of halogens is 2. The molecular weight excluding hydrogens is 343 g/mol. The molecule has 1 fully saturated rings. The summed E-state index contributed by atoms with van der Waals surface area (Å²) in [6, 6.07) is 2.66. The number of anilines is 1. The van der Waals surface area contributed by atoms with Crippen molar-refractivity contribution >= 4 is 34.6 Å². The van der Waals surface area contributed by atoms with Crippen LogP contribution < -0.4 is 4.90 Å². The van der Waals surface area contributed by atoms with Crippen LogP contribution >= 0.6 is 23.2 Å². The summed E-state index contributed by atoms with van der Waals surface area (Å²) in [6.07, 6.45) is 1.65. The number of hydrogen-bond acceptors (Lipinski definition) is 6. The maximum atomic E-state index is 10.8. The molecule has 0 atom stereocenters. The SMILES string of the molecule is Cc1noc(C2CCN(c3c(Cl)cc([N+](=O)[O-])cc3Cl)CC2)n1. The minimum Gasteiger partial charge on any atom is -0.369 e. The number of hydrogen-bond donors (Lipinski definition) is 0. The van der Waals surface area contributed by atoms with Gasteiger partial charge in [0.2, 0.25) is 5.89 Å². The van der Waals surface area contributed by atoms with Gasteiger partial charge in [0.25, 0.3) is 5.69 Å². The Kier molecular flexibility index (Phi) is 4.41. The molecule has 0 radical (unpaired) electrons. The molecule has 122 valence electrons. The van der Waals surface area contributed by atoms with Gasteiger partial charge in [0, 0.05) is 31.1 Å². The van der Waals surface area contributed by atoms with Gasteiger partial charge in [0.15, 0.2) is 5.82 Å². The quantitative estimate of drug-likeness (QED) is 0.610. The molecule has 2 aromatic rings. The molecule has 0 saturated carbocycles.